The van der Waals surface area contributed by atoms with E-state index in [9.17, 15) is 9.18 Å². The number of hydrogen-bond donors (Lipinski definition) is 1. The van der Waals surface area contributed by atoms with Crippen LogP contribution in [0.15, 0.2) is 22.7 Å². The molecular formula is C18H19FN4O2. The first kappa shape index (κ1) is 15.8. The maximum atomic E-state index is 13.9. The summed E-state index contributed by atoms with van der Waals surface area (Å²) >= 11 is 0. The zero-order valence-electron chi connectivity index (χ0n) is 14.2. The molecule has 1 aliphatic heterocycles. The highest BCUT2D eigenvalue weighted by atomic mass is 19.1. The first-order valence-electron chi connectivity index (χ1n) is 8.40. The lowest BCUT2D eigenvalue weighted by Gasteiger charge is -2.22. The van der Waals surface area contributed by atoms with E-state index < -0.39 is 0 Å². The van der Waals surface area contributed by atoms with Crippen LogP contribution in [0.4, 0.5) is 4.39 Å². The Morgan fingerprint density at radius 1 is 1.44 bits per heavy atom. The fraction of sp³-hybridized carbons (Fsp3) is 0.389. The van der Waals surface area contributed by atoms with Gasteiger partial charge in [0.05, 0.1) is 11.9 Å². The molecule has 1 atom stereocenters. The van der Waals surface area contributed by atoms with Gasteiger partial charge in [0.25, 0.3) is 0 Å². The number of H-pyrrole nitrogens is 1. The normalized spacial score (nSPS) is 17.6. The average molecular weight is 342 g/mol. The molecule has 0 spiro atoms. The number of amides is 1. The highest BCUT2D eigenvalue weighted by molar-refractivity contribution is 5.90. The smallest absolute Gasteiger partial charge is 0.249 e. The summed E-state index contributed by atoms with van der Waals surface area (Å²) in [6, 6.07) is 4.75. The largest absolute Gasteiger partial charge is 0.356 e. The zero-order valence-corrected chi connectivity index (χ0v) is 14.2. The van der Waals surface area contributed by atoms with Crippen LogP contribution in [0.25, 0.3) is 10.9 Å². The van der Waals surface area contributed by atoms with E-state index in [2.05, 4.69) is 15.1 Å². The van der Waals surface area contributed by atoms with E-state index in [-0.39, 0.29) is 24.2 Å². The van der Waals surface area contributed by atoms with E-state index in [1.807, 2.05) is 13.0 Å². The Hall–Kier alpha value is -2.70. The maximum Gasteiger partial charge on any atom is 0.249 e. The molecule has 1 amide bonds. The molecule has 1 N–H and O–H groups in total. The van der Waals surface area contributed by atoms with Crippen molar-refractivity contribution in [1.29, 1.82) is 0 Å². The van der Waals surface area contributed by atoms with E-state index in [4.69, 9.17) is 4.52 Å². The van der Waals surface area contributed by atoms with Crippen LogP contribution in [-0.4, -0.2) is 32.5 Å². The minimum absolute atomic E-state index is 0.00776. The molecule has 7 heteroatoms. The van der Waals surface area contributed by atoms with Gasteiger partial charge in [0.15, 0.2) is 5.82 Å². The SMILES string of the molecule is Cc1noc([C@H]2CCCN2C(=O)Cc2c(C)[nH]c3c(F)cccc23)n1. The first-order valence-corrected chi connectivity index (χ1v) is 8.40. The predicted octanol–water partition coefficient (Wildman–Crippen LogP) is 3.21. The maximum absolute atomic E-state index is 13.9. The number of hydrogen-bond acceptors (Lipinski definition) is 4. The van der Waals surface area contributed by atoms with Gasteiger partial charge in [-0.3, -0.25) is 4.79 Å². The molecule has 130 valence electrons. The Labute approximate surface area is 144 Å². The van der Waals surface area contributed by atoms with Crippen molar-refractivity contribution >= 4 is 16.8 Å². The third kappa shape index (κ3) is 2.69. The van der Waals surface area contributed by atoms with Crippen molar-refractivity contribution in [2.24, 2.45) is 0 Å². The van der Waals surface area contributed by atoms with Crippen LogP contribution >= 0.6 is 0 Å². The summed E-state index contributed by atoms with van der Waals surface area (Å²) in [6.07, 6.45) is 1.94. The summed E-state index contributed by atoms with van der Waals surface area (Å²) in [4.78, 5) is 22.0. The van der Waals surface area contributed by atoms with E-state index in [1.165, 1.54) is 6.07 Å². The van der Waals surface area contributed by atoms with Gasteiger partial charge in [0.1, 0.15) is 11.9 Å². The van der Waals surface area contributed by atoms with Crippen LogP contribution < -0.4 is 0 Å². The van der Waals surface area contributed by atoms with E-state index in [0.29, 0.717) is 23.8 Å². The number of para-hydroxylation sites is 1. The molecule has 1 saturated heterocycles. The molecule has 3 heterocycles. The number of rotatable bonds is 3. The van der Waals surface area contributed by atoms with Crippen molar-refractivity contribution < 1.29 is 13.7 Å². The van der Waals surface area contributed by atoms with Gasteiger partial charge in [-0.25, -0.2) is 4.39 Å². The number of aromatic amines is 1. The van der Waals surface area contributed by atoms with Crippen molar-refractivity contribution in [3.8, 4) is 0 Å². The fourth-order valence-corrected chi connectivity index (χ4v) is 3.62. The number of likely N-dealkylation sites (tertiary alicyclic amines) is 1. The fourth-order valence-electron chi connectivity index (χ4n) is 3.62. The Morgan fingerprint density at radius 3 is 3.04 bits per heavy atom. The molecule has 0 radical (unpaired) electrons. The highest BCUT2D eigenvalue weighted by Gasteiger charge is 2.34. The predicted molar refractivity (Wildman–Crippen MR) is 89.4 cm³/mol. The van der Waals surface area contributed by atoms with E-state index in [1.54, 1.807) is 17.9 Å². The Balaban J connectivity index is 1.62. The number of fused-ring (bicyclic) bond motifs is 1. The van der Waals surface area contributed by atoms with Gasteiger partial charge in [-0.2, -0.15) is 4.98 Å². The van der Waals surface area contributed by atoms with E-state index >= 15 is 0 Å². The summed E-state index contributed by atoms with van der Waals surface area (Å²) < 4.78 is 19.2. The molecule has 25 heavy (non-hydrogen) atoms. The Bertz CT molecular complexity index is 946. The molecule has 1 fully saturated rings. The average Bonchev–Trinajstić information content (AvgIpc) is 3.28. The van der Waals surface area contributed by atoms with Crippen molar-refractivity contribution in [2.45, 2.75) is 39.2 Å². The quantitative estimate of drug-likeness (QED) is 0.793. The number of carbonyl (C=O) groups excluding carboxylic acids is 1. The molecule has 1 aromatic carbocycles. The van der Waals surface area contributed by atoms with Crippen LogP contribution in [-0.2, 0) is 11.2 Å². The summed E-state index contributed by atoms with van der Waals surface area (Å²) in [5.41, 5.74) is 2.11. The molecule has 6 nitrogen and oxygen atoms in total. The first-order chi connectivity index (χ1) is 12.0. The number of nitrogens with zero attached hydrogens (tertiary/aromatic N) is 3. The minimum Gasteiger partial charge on any atom is -0.356 e. The lowest BCUT2D eigenvalue weighted by atomic mass is 10.1. The van der Waals surface area contributed by atoms with Crippen molar-refractivity contribution in [1.82, 2.24) is 20.0 Å². The summed E-state index contributed by atoms with van der Waals surface area (Å²) in [6.45, 7) is 4.30. The summed E-state index contributed by atoms with van der Waals surface area (Å²) in [5, 5.41) is 4.58. The highest BCUT2D eigenvalue weighted by Crippen LogP contribution is 2.32. The number of carbonyl (C=O) groups is 1. The molecule has 0 unspecified atom stereocenters. The molecule has 3 aromatic rings. The Kier molecular flexibility index (Phi) is 3.78. The summed E-state index contributed by atoms with van der Waals surface area (Å²) in [7, 11) is 0. The molecule has 0 bridgehead atoms. The van der Waals surface area contributed by atoms with E-state index in [0.717, 1.165) is 29.5 Å². The van der Waals surface area contributed by atoms with Gasteiger partial charge < -0.3 is 14.4 Å². The lowest BCUT2D eigenvalue weighted by Crippen LogP contribution is -2.32. The second-order valence-electron chi connectivity index (χ2n) is 6.49. The molecule has 0 aliphatic carbocycles. The van der Waals surface area contributed by atoms with Crippen LogP contribution in [0.3, 0.4) is 0 Å². The Morgan fingerprint density at radius 2 is 2.28 bits per heavy atom. The molecule has 2 aromatic heterocycles. The molecule has 4 rings (SSSR count). The van der Waals surface area contributed by atoms with Gasteiger partial charge in [-0.15, -0.1) is 0 Å². The number of halogens is 1. The van der Waals surface area contributed by atoms with Crippen LogP contribution in [0, 0.1) is 19.7 Å². The topological polar surface area (TPSA) is 75.0 Å². The lowest BCUT2D eigenvalue weighted by molar-refractivity contribution is -0.131. The van der Waals surface area contributed by atoms with Crippen LogP contribution in [0.5, 0.6) is 0 Å². The number of aryl methyl sites for hydroxylation is 2. The minimum atomic E-state index is -0.306. The molecular weight excluding hydrogens is 323 g/mol. The standard InChI is InChI=1S/C18H19FN4O2/c1-10-13(12-5-3-6-14(19)17(12)20-10)9-16(24)23-8-4-7-15(23)18-21-11(2)22-25-18/h3,5-6,15,20H,4,7-9H2,1-2H3/t15-/m1/s1. The second kappa shape index (κ2) is 5.98. The summed E-state index contributed by atoms with van der Waals surface area (Å²) in [5.74, 6) is 0.744. The van der Waals surface area contributed by atoms with Gasteiger partial charge in [0.2, 0.25) is 11.8 Å². The third-order valence-corrected chi connectivity index (χ3v) is 4.83. The molecule has 1 aliphatic rings. The van der Waals surface area contributed by atoms with Crippen LogP contribution in [0.1, 0.15) is 41.9 Å². The monoisotopic (exact) mass is 342 g/mol. The van der Waals surface area contributed by atoms with Crippen LogP contribution in [0.2, 0.25) is 0 Å². The third-order valence-electron chi connectivity index (χ3n) is 4.83. The van der Waals surface area contributed by atoms with Gasteiger partial charge in [0, 0.05) is 17.6 Å². The van der Waals surface area contributed by atoms with Gasteiger partial charge >= 0.3 is 0 Å². The number of benzene rings is 1. The second-order valence-corrected chi connectivity index (χ2v) is 6.49. The van der Waals surface area contributed by atoms with Gasteiger partial charge in [-0.1, -0.05) is 17.3 Å². The van der Waals surface area contributed by atoms with Gasteiger partial charge in [-0.05, 0) is 38.3 Å². The molecule has 0 saturated carbocycles. The van der Waals surface area contributed by atoms with Crippen molar-refractivity contribution in [3.05, 3.63) is 47.0 Å². The number of nitrogens with one attached hydrogen (secondary N) is 1. The van der Waals surface area contributed by atoms with Crippen molar-refractivity contribution in [2.75, 3.05) is 6.54 Å². The zero-order chi connectivity index (χ0) is 17.6. The number of aromatic nitrogens is 3. The van der Waals surface area contributed by atoms with Crippen molar-refractivity contribution in [3.63, 3.8) is 0 Å².